The van der Waals surface area contributed by atoms with Gasteiger partial charge in [-0.05, 0) is 31.0 Å². The lowest BCUT2D eigenvalue weighted by molar-refractivity contribution is -0.192. The van der Waals surface area contributed by atoms with Gasteiger partial charge in [-0.15, -0.1) is 0 Å². The van der Waals surface area contributed by atoms with Crippen molar-refractivity contribution in [2.24, 2.45) is 11.8 Å². The van der Waals surface area contributed by atoms with Crippen LogP contribution in [0.1, 0.15) is 18.5 Å². The number of allylic oxidation sites excluding steroid dienone is 2. The van der Waals surface area contributed by atoms with Gasteiger partial charge in [0.15, 0.2) is 0 Å². The summed E-state index contributed by atoms with van der Waals surface area (Å²) in [7, 11) is 0. The summed E-state index contributed by atoms with van der Waals surface area (Å²) in [5.41, 5.74) is 1.09. The predicted molar refractivity (Wildman–Crippen MR) is 106 cm³/mol. The maximum atomic E-state index is 12.9. The second-order valence-electron chi connectivity index (χ2n) is 7.53. The molecular weight excluding hydrogens is 429 g/mol. The van der Waals surface area contributed by atoms with E-state index in [1.165, 1.54) is 0 Å². The number of hydrogen-bond acceptors (Lipinski definition) is 5. The van der Waals surface area contributed by atoms with Gasteiger partial charge < -0.3 is 14.7 Å². The highest BCUT2D eigenvalue weighted by atomic mass is 19.4. The number of carboxylic acid groups (broad SMARTS) is 1. The van der Waals surface area contributed by atoms with Crippen LogP contribution in [0.4, 0.5) is 13.2 Å². The van der Waals surface area contributed by atoms with Gasteiger partial charge in [-0.1, -0.05) is 12.2 Å². The van der Waals surface area contributed by atoms with Gasteiger partial charge in [0.25, 0.3) is 0 Å². The predicted octanol–water partition coefficient (Wildman–Crippen LogP) is 2.92. The fourth-order valence-corrected chi connectivity index (χ4v) is 3.53. The number of carbonyl (C=O) groups is 2. The van der Waals surface area contributed by atoms with E-state index < -0.39 is 12.1 Å². The molecule has 0 bridgehead atoms. The third-order valence-corrected chi connectivity index (χ3v) is 5.10. The summed E-state index contributed by atoms with van der Waals surface area (Å²) < 4.78 is 39.6. The zero-order valence-electron chi connectivity index (χ0n) is 17.1. The molecule has 0 radical (unpaired) electrons. The SMILES string of the molecule is O=C(C1CC=CC1)N1Cc2ccnn2CC(COc2cccnc2)C1.O=C(O)C(F)(F)F. The van der Waals surface area contributed by atoms with E-state index >= 15 is 0 Å². The molecule has 0 fully saturated rings. The zero-order valence-corrected chi connectivity index (χ0v) is 17.1. The normalized spacial score (nSPS) is 18.3. The Morgan fingerprint density at radius 3 is 2.50 bits per heavy atom. The van der Waals surface area contributed by atoms with Gasteiger partial charge in [0.1, 0.15) is 5.75 Å². The first-order valence-corrected chi connectivity index (χ1v) is 10.0. The molecule has 0 aromatic carbocycles. The number of amides is 1. The average molecular weight is 452 g/mol. The van der Waals surface area contributed by atoms with Crippen molar-refractivity contribution in [2.75, 3.05) is 13.2 Å². The molecule has 0 spiro atoms. The van der Waals surface area contributed by atoms with Crippen molar-refractivity contribution in [3.63, 3.8) is 0 Å². The number of halogens is 3. The van der Waals surface area contributed by atoms with E-state index in [1.807, 2.05) is 27.8 Å². The lowest BCUT2D eigenvalue weighted by atomic mass is 10.0. The highest BCUT2D eigenvalue weighted by Crippen LogP contribution is 2.24. The molecule has 11 heteroatoms. The Hall–Kier alpha value is -3.37. The Balaban J connectivity index is 0.000000360. The molecule has 2 aromatic rings. The van der Waals surface area contributed by atoms with Crippen molar-refractivity contribution in [1.29, 1.82) is 0 Å². The lowest BCUT2D eigenvalue weighted by Crippen LogP contribution is -2.38. The summed E-state index contributed by atoms with van der Waals surface area (Å²) in [4.78, 5) is 27.9. The topological polar surface area (TPSA) is 97.5 Å². The summed E-state index contributed by atoms with van der Waals surface area (Å²) in [5.74, 6) is -1.47. The number of fused-ring (bicyclic) bond motifs is 1. The van der Waals surface area contributed by atoms with E-state index in [-0.39, 0.29) is 17.7 Å². The summed E-state index contributed by atoms with van der Waals surface area (Å²) >= 11 is 0. The number of ether oxygens (including phenoxy) is 1. The molecule has 1 aliphatic heterocycles. The van der Waals surface area contributed by atoms with Crippen LogP contribution in [-0.2, 0) is 22.7 Å². The summed E-state index contributed by atoms with van der Waals surface area (Å²) in [5, 5.41) is 11.5. The number of carbonyl (C=O) groups excluding carboxylic acids is 1. The first-order chi connectivity index (χ1) is 15.2. The summed E-state index contributed by atoms with van der Waals surface area (Å²) in [6.07, 6.45) is 6.07. The number of alkyl halides is 3. The number of aromatic nitrogens is 3. The van der Waals surface area contributed by atoms with Gasteiger partial charge in [0, 0.05) is 37.3 Å². The minimum Gasteiger partial charge on any atom is -0.492 e. The molecule has 1 N–H and O–H groups in total. The van der Waals surface area contributed by atoms with E-state index in [0.29, 0.717) is 19.7 Å². The van der Waals surface area contributed by atoms with Gasteiger partial charge in [-0.25, -0.2) is 4.79 Å². The molecule has 2 aliphatic rings. The number of pyridine rings is 1. The highest BCUT2D eigenvalue weighted by molar-refractivity contribution is 5.79. The molecular formula is C21H23F3N4O4. The second kappa shape index (κ2) is 10.3. The van der Waals surface area contributed by atoms with Gasteiger partial charge in [0.05, 0.1) is 25.0 Å². The van der Waals surface area contributed by atoms with Crippen LogP contribution in [0.3, 0.4) is 0 Å². The third kappa shape index (κ3) is 6.32. The Morgan fingerprint density at radius 1 is 1.16 bits per heavy atom. The van der Waals surface area contributed by atoms with Crippen LogP contribution >= 0.6 is 0 Å². The van der Waals surface area contributed by atoms with Crippen molar-refractivity contribution in [1.82, 2.24) is 19.7 Å². The van der Waals surface area contributed by atoms with E-state index in [9.17, 15) is 18.0 Å². The average Bonchev–Trinajstić information content (AvgIpc) is 3.41. The summed E-state index contributed by atoms with van der Waals surface area (Å²) in [6.45, 7) is 2.62. The number of rotatable bonds is 4. The molecule has 0 saturated carbocycles. The molecule has 1 unspecified atom stereocenters. The Morgan fingerprint density at radius 2 is 1.88 bits per heavy atom. The molecule has 3 heterocycles. The molecule has 2 aromatic heterocycles. The monoisotopic (exact) mass is 452 g/mol. The smallest absolute Gasteiger partial charge is 0.490 e. The molecule has 1 amide bonds. The number of nitrogens with zero attached hydrogens (tertiary/aromatic N) is 4. The fourth-order valence-electron chi connectivity index (χ4n) is 3.53. The van der Waals surface area contributed by atoms with Crippen molar-refractivity contribution in [2.45, 2.75) is 32.1 Å². The number of carboxylic acids is 1. The van der Waals surface area contributed by atoms with Gasteiger partial charge in [0.2, 0.25) is 5.91 Å². The highest BCUT2D eigenvalue weighted by Gasteiger charge is 2.38. The Kier molecular flexibility index (Phi) is 7.49. The molecule has 8 nitrogen and oxygen atoms in total. The van der Waals surface area contributed by atoms with Crippen LogP contribution in [0.25, 0.3) is 0 Å². The van der Waals surface area contributed by atoms with Gasteiger partial charge >= 0.3 is 12.1 Å². The van der Waals surface area contributed by atoms with Crippen molar-refractivity contribution in [3.05, 3.63) is 54.6 Å². The van der Waals surface area contributed by atoms with E-state index in [1.54, 1.807) is 18.6 Å². The van der Waals surface area contributed by atoms with Crippen LogP contribution in [-0.4, -0.2) is 56.0 Å². The maximum Gasteiger partial charge on any atom is 0.490 e. The lowest BCUT2D eigenvalue weighted by Gasteiger charge is -2.26. The van der Waals surface area contributed by atoms with Crippen LogP contribution in [0.2, 0.25) is 0 Å². The van der Waals surface area contributed by atoms with Crippen LogP contribution in [0, 0.1) is 11.8 Å². The van der Waals surface area contributed by atoms with Crippen molar-refractivity contribution >= 4 is 11.9 Å². The van der Waals surface area contributed by atoms with Crippen LogP contribution < -0.4 is 4.74 Å². The van der Waals surface area contributed by atoms with Gasteiger partial charge in [-0.2, -0.15) is 18.3 Å². The van der Waals surface area contributed by atoms with Crippen molar-refractivity contribution in [3.8, 4) is 5.75 Å². The Bertz CT molecular complexity index is 938. The standard InChI is InChI=1S/C19H22N4O2.C2HF3O2/c24-19(16-4-1-2-5-16)22-11-15(12-23-17(13-22)7-9-21-23)14-25-18-6-3-8-20-10-18;3-2(4,5)1(6)7/h1-3,6-10,15-16H,4-5,11-14H2;(H,6,7). The third-order valence-electron chi connectivity index (χ3n) is 5.10. The van der Waals surface area contributed by atoms with Gasteiger partial charge in [-0.3, -0.25) is 14.5 Å². The maximum absolute atomic E-state index is 12.9. The quantitative estimate of drug-likeness (QED) is 0.717. The fraction of sp³-hybridized carbons (Fsp3) is 0.429. The molecule has 32 heavy (non-hydrogen) atoms. The number of aliphatic carboxylic acids is 1. The van der Waals surface area contributed by atoms with Crippen LogP contribution in [0.5, 0.6) is 5.75 Å². The first kappa shape index (κ1) is 23.3. The molecule has 172 valence electrons. The largest absolute Gasteiger partial charge is 0.492 e. The molecule has 1 atom stereocenters. The molecule has 1 aliphatic carbocycles. The zero-order chi connectivity index (χ0) is 23.1. The van der Waals surface area contributed by atoms with Crippen LogP contribution in [0.15, 0.2) is 48.9 Å². The molecule has 4 rings (SSSR count). The minimum atomic E-state index is -5.08. The van der Waals surface area contributed by atoms with E-state index in [0.717, 1.165) is 30.8 Å². The number of hydrogen-bond donors (Lipinski definition) is 1. The Labute approximate surface area is 182 Å². The summed E-state index contributed by atoms with van der Waals surface area (Å²) in [6, 6.07) is 5.75. The van der Waals surface area contributed by atoms with E-state index in [2.05, 4.69) is 22.2 Å². The second-order valence-corrected chi connectivity index (χ2v) is 7.53. The minimum absolute atomic E-state index is 0.0920. The molecule has 0 saturated heterocycles. The van der Waals surface area contributed by atoms with E-state index in [4.69, 9.17) is 14.6 Å². The first-order valence-electron chi connectivity index (χ1n) is 10.0. The van der Waals surface area contributed by atoms with Crippen molar-refractivity contribution < 1.29 is 32.6 Å².